The topological polar surface area (TPSA) is 93.1 Å². The quantitative estimate of drug-likeness (QED) is 0.661. The van der Waals surface area contributed by atoms with Crippen LogP contribution in [0, 0.1) is 0 Å². The second-order valence-electron chi connectivity index (χ2n) is 8.77. The number of aliphatic hydroxyl groups excluding tert-OH is 2. The molecular weight excluding hydrogens is 406 g/mol. The van der Waals surface area contributed by atoms with E-state index in [0.717, 1.165) is 19.4 Å². The lowest BCUT2D eigenvalue weighted by atomic mass is 9.88. The number of nitrogens with one attached hydrogen (secondary N) is 1. The van der Waals surface area contributed by atoms with Crippen LogP contribution in [0.5, 0.6) is 0 Å². The van der Waals surface area contributed by atoms with Gasteiger partial charge in [-0.3, -0.25) is 9.59 Å². The Morgan fingerprint density at radius 1 is 0.906 bits per heavy atom. The lowest BCUT2D eigenvalue weighted by molar-refractivity contribution is 0.0572. The zero-order valence-corrected chi connectivity index (χ0v) is 18.4. The third-order valence-corrected chi connectivity index (χ3v) is 6.49. The smallest absolute Gasteiger partial charge is 0.254 e. The number of hydrogen-bond acceptors (Lipinski definition) is 5. The van der Waals surface area contributed by atoms with Crippen LogP contribution in [-0.4, -0.2) is 77.3 Å². The first-order chi connectivity index (χ1) is 15.5. The van der Waals surface area contributed by atoms with Gasteiger partial charge in [-0.25, -0.2) is 0 Å². The van der Waals surface area contributed by atoms with Crippen LogP contribution in [0.4, 0.5) is 0 Å². The standard InChI is InChI=1S/C25H31N3O4/c1-26-14-17-4-2-5-19(12-17)18-8-10-27(11-9-18)24(31)20-6-3-7-21(13-20)25(32)28-15-22(29)23(30)16-28/h2-7,12-13,18,22-23,26,29-30H,8-11,14-16H2,1H3/t22-,23+. The van der Waals surface area contributed by atoms with E-state index in [2.05, 4.69) is 29.6 Å². The second kappa shape index (κ2) is 9.81. The third kappa shape index (κ3) is 4.85. The van der Waals surface area contributed by atoms with E-state index in [4.69, 9.17) is 0 Å². The van der Waals surface area contributed by atoms with Crippen molar-refractivity contribution < 1.29 is 19.8 Å². The Balaban J connectivity index is 1.39. The van der Waals surface area contributed by atoms with Crippen molar-refractivity contribution in [3.63, 3.8) is 0 Å². The minimum absolute atomic E-state index is 0.0662. The summed E-state index contributed by atoms with van der Waals surface area (Å²) in [7, 11) is 1.94. The molecule has 2 aromatic carbocycles. The molecule has 2 aromatic rings. The first-order valence-corrected chi connectivity index (χ1v) is 11.2. The summed E-state index contributed by atoms with van der Waals surface area (Å²) in [5.41, 5.74) is 3.48. The van der Waals surface area contributed by atoms with Crippen LogP contribution in [0.3, 0.4) is 0 Å². The Labute approximate surface area is 188 Å². The maximum Gasteiger partial charge on any atom is 0.254 e. The molecule has 2 aliphatic rings. The highest BCUT2D eigenvalue weighted by Crippen LogP contribution is 2.29. The zero-order chi connectivity index (χ0) is 22.7. The fraction of sp³-hybridized carbons (Fsp3) is 0.440. The van der Waals surface area contributed by atoms with Gasteiger partial charge in [-0.15, -0.1) is 0 Å². The van der Waals surface area contributed by atoms with Crippen LogP contribution >= 0.6 is 0 Å². The molecule has 0 unspecified atom stereocenters. The van der Waals surface area contributed by atoms with E-state index in [1.807, 2.05) is 11.9 Å². The first kappa shape index (κ1) is 22.5. The van der Waals surface area contributed by atoms with Crippen molar-refractivity contribution >= 4 is 11.8 Å². The molecule has 0 bridgehead atoms. The summed E-state index contributed by atoms with van der Waals surface area (Å²) in [5.74, 6) is 0.0933. The highest BCUT2D eigenvalue weighted by molar-refractivity contribution is 5.99. The SMILES string of the molecule is CNCc1cccc(C2CCN(C(=O)c3cccc(C(=O)N4C[C@@H](O)[C@@H](O)C4)c3)CC2)c1. The summed E-state index contributed by atoms with van der Waals surface area (Å²) in [6.07, 6.45) is -0.0265. The highest BCUT2D eigenvalue weighted by atomic mass is 16.3. The summed E-state index contributed by atoms with van der Waals surface area (Å²) in [5, 5.41) is 22.6. The first-order valence-electron chi connectivity index (χ1n) is 11.2. The van der Waals surface area contributed by atoms with Gasteiger partial charge in [-0.2, -0.15) is 0 Å². The number of amides is 2. The predicted molar refractivity (Wildman–Crippen MR) is 121 cm³/mol. The van der Waals surface area contributed by atoms with Gasteiger partial charge in [0.2, 0.25) is 0 Å². The zero-order valence-electron chi connectivity index (χ0n) is 18.4. The van der Waals surface area contributed by atoms with Crippen molar-refractivity contribution in [1.29, 1.82) is 0 Å². The van der Waals surface area contributed by atoms with Gasteiger partial charge in [0.1, 0.15) is 0 Å². The average molecular weight is 438 g/mol. The van der Waals surface area contributed by atoms with Crippen molar-refractivity contribution in [2.75, 3.05) is 33.2 Å². The molecule has 2 fully saturated rings. The van der Waals surface area contributed by atoms with E-state index >= 15 is 0 Å². The minimum Gasteiger partial charge on any atom is -0.388 e. The van der Waals surface area contributed by atoms with Crippen LogP contribution in [0.15, 0.2) is 48.5 Å². The fourth-order valence-corrected chi connectivity index (χ4v) is 4.66. The molecule has 0 saturated carbocycles. The van der Waals surface area contributed by atoms with E-state index in [1.165, 1.54) is 16.0 Å². The van der Waals surface area contributed by atoms with E-state index in [0.29, 0.717) is 30.1 Å². The van der Waals surface area contributed by atoms with E-state index in [-0.39, 0.29) is 24.9 Å². The van der Waals surface area contributed by atoms with Crippen molar-refractivity contribution in [3.8, 4) is 0 Å². The molecule has 2 saturated heterocycles. The predicted octanol–water partition coefficient (Wildman–Crippen LogP) is 1.60. The summed E-state index contributed by atoms with van der Waals surface area (Å²) in [6.45, 7) is 2.41. The number of likely N-dealkylation sites (tertiary alicyclic amines) is 2. The Bertz CT molecular complexity index is 961. The molecule has 7 heteroatoms. The van der Waals surface area contributed by atoms with Crippen LogP contribution in [0.2, 0.25) is 0 Å². The van der Waals surface area contributed by atoms with Crippen molar-refractivity contribution in [3.05, 3.63) is 70.8 Å². The minimum atomic E-state index is -0.927. The molecule has 2 amide bonds. The Hall–Kier alpha value is -2.74. The van der Waals surface area contributed by atoms with Crippen molar-refractivity contribution in [2.24, 2.45) is 0 Å². The van der Waals surface area contributed by atoms with Crippen molar-refractivity contribution in [2.45, 2.75) is 37.5 Å². The van der Waals surface area contributed by atoms with Crippen LogP contribution < -0.4 is 5.32 Å². The maximum atomic E-state index is 13.1. The van der Waals surface area contributed by atoms with Gasteiger partial charge in [0.25, 0.3) is 11.8 Å². The molecule has 2 aliphatic heterocycles. The molecule has 3 N–H and O–H groups in total. The number of β-amino-alcohol motifs (C(OH)–C–C–N with tert-alkyl or cyclic N) is 2. The van der Waals surface area contributed by atoms with Gasteiger partial charge < -0.3 is 25.3 Å². The number of benzene rings is 2. The van der Waals surface area contributed by atoms with Crippen LogP contribution in [-0.2, 0) is 6.54 Å². The molecule has 0 aromatic heterocycles. The number of rotatable bonds is 5. The molecule has 2 heterocycles. The normalized spacial score (nSPS) is 21.7. The molecule has 32 heavy (non-hydrogen) atoms. The summed E-state index contributed by atoms with van der Waals surface area (Å²) in [6, 6.07) is 15.4. The Morgan fingerprint density at radius 2 is 1.50 bits per heavy atom. The number of aliphatic hydroxyl groups is 2. The van der Waals surface area contributed by atoms with Gasteiger partial charge in [-0.1, -0.05) is 30.3 Å². The number of carbonyl (C=O) groups is 2. The van der Waals surface area contributed by atoms with Crippen LogP contribution in [0.1, 0.15) is 50.6 Å². The van der Waals surface area contributed by atoms with E-state index < -0.39 is 12.2 Å². The van der Waals surface area contributed by atoms with Gasteiger partial charge in [0, 0.05) is 43.9 Å². The van der Waals surface area contributed by atoms with Gasteiger partial charge in [0.05, 0.1) is 12.2 Å². The fourth-order valence-electron chi connectivity index (χ4n) is 4.66. The molecular formula is C25H31N3O4. The highest BCUT2D eigenvalue weighted by Gasteiger charge is 2.33. The van der Waals surface area contributed by atoms with Gasteiger partial charge in [0.15, 0.2) is 0 Å². The number of hydrogen-bond donors (Lipinski definition) is 3. The number of nitrogens with zero attached hydrogens (tertiary/aromatic N) is 2. The molecule has 0 radical (unpaired) electrons. The summed E-state index contributed by atoms with van der Waals surface area (Å²) < 4.78 is 0. The number of carbonyl (C=O) groups excluding carboxylic acids is 2. The largest absolute Gasteiger partial charge is 0.388 e. The van der Waals surface area contributed by atoms with Crippen molar-refractivity contribution in [1.82, 2.24) is 15.1 Å². The van der Waals surface area contributed by atoms with Gasteiger partial charge >= 0.3 is 0 Å². The molecule has 7 nitrogen and oxygen atoms in total. The lowest BCUT2D eigenvalue weighted by Crippen LogP contribution is -2.38. The monoisotopic (exact) mass is 437 g/mol. The van der Waals surface area contributed by atoms with E-state index in [9.17, 15) is 19.8 Å². The summed E-state index contributed by atoms with van der Waals surface area (Å²) in [4.78, 5) is 29.1. The maximum absolute atomic E-state index is 13.1. The lowest BCUT2D eigenvalue weighted by Gasteiger charge is -2.32. The average Bonchev–Trinajstić information content (AvgIpc) is 3.17. The Kier molecular flexibility index (Phi) is 6.89. The molecule has 0 spiro atoms. The molecule has 4 rings (SSSR count). The number of piperidine rings is 1. The molecule has 170 valence electrons. The Morgan fingerprint density at radius 3 is 2.12 bits per heavy atom. The van der Waals surface area contributed by atoms with E-state index in [1.54, 1.807) is 24.3 Å². The summed E-state index contributed by atoms with van der Waals surface area (Å²) >= 11 is 0. The van der Waals surface area contributed by atoms with Crippen LogP contribution in [0.25, 0.3) is 0 Å². The third-order valence-electron chi connectivity index (χ3n) is 6.49. The molecule has 2 atom stereocenters. The van der Waals surface area contributed by atoms with Gasteiger partial charge in [-0.05, 0) is 55.1 Å². The molecule has 0 aliphatic carbocycles. The second-order valence-corrected chi connectivity index (χ2v) is 8.77.